The molecular weight excluding hydrogens is 396 g/mol. The minimum atomic E-state index is -4.60. The minimum absolute atomic E-state index is 0.0143. The average molecular weight is 410 g/mol. The lowest BCUT2D eigenvalue weighted by Crippen LogP contribution is -2.30. The number of nitrogens with zero attached hydrogens (tertiary/aromatic N) is 2. The van der Waals surface area contributed by atoms with Crippen molar-refractivity contribution in [1.82, 2.24) is 19.9 Å². The monoisotopic (exact) mass is 410 g/mol. The molecule has 0 unspecified atom stereocenters. The molecule has 4 rings (SSSR count). The van der Waals surface area contributed by atoms with Crippen molar-refractivity contribution in [2.75, 3.05) is 0 Å². The van der Waals surface area contributed by atoms with Crippen LogP contribution in [0.5, 0.6) is 0 Å². The first-order valence-electron chi connectivity index (χ1n) is 8.62. The summed E-state index contributed by atoms with van der Waals surface area (Å²) in [5.41, 5.74) is 0.0842. The number of hydrogen-bond donors (Lipinski definition) is 2. The van der Waals surface area contributed by atoms with E-state index in [2.05, 4.69) is 15.3 Å². The van der Waals surface area contributed by atoms with E-state index in [0.717, 1.165) is 28.5 Å². The predicted molar refractivity (Wildman–Crippen MR) is 93.3 cm³/mol. The molecule has 0 radical (unpaired) electrons. The van der Waals surface area contributed by atoms with Crippen LogP contribution in [0.3, 0.4) is 0 Å². The summed E-state index contributed by atoms with van der Waals surface area (Å²) >= 11 is 0. The lowest BCUT2D eigenvalue weighted by atomic mass is 10.1. The van der Waals surface area contributed by atoms with Gasteiger partial charge in [-0.25, -0.2) is 14.2 Å². The van der Waals surface area contributed by atoms with Crippen molar-refractivity contribution in [3.8, 4) is 0 Å². The van der Waals surface area contributed by atoms with Gasteiger partial charge in [-0.05, 0) is 30.7 Å². The normalized spacial score (nSPS) is 14.0. The zero-order chi connectivity index (χ0) is 20.8. The summed E-state index contributed by atoms with van der Waals surface area (Å²) in [7, 11) is 0. The van der Waals surface area contributed by atoms with Crippen LogP contribution in [0.4, 0.5) is 17.6 Å². The topological polar surface area (TPSA) is 92.9 Å². The summed E-state index contributed by atoms with van der Waals surface area (Å²) < 4.78 is 57.7. The van der Waals surface area contributed by atoms with Gasteiger partial charge >= 0.3 is 11.9 Å². The molecule has 1 amide bonds. The molecule has 2 N–H and O–H groups in total. The highest BCUT2D eigenvalue weighted by Gasteiger charge is 2.31. The third-order valence-corrected chi connectivity index (χ3v) is 4.52. The fourth-order valence-electron chi connectivity index (χ4n) is 3.11. The van der Waals surface area contributed by atoms with Crippen molar-refractivity contribution >= 4 is 23.1 Å². The summed E-state index contributed by atoms with van der Waals surface area (Å²) in [5.74, 6) is -1.44. The number of allylic oxidation sites excluding steroid dienone is 1. The van der Waals surface area contributed by atoms with Gasteiger partial charge in [-0.3, -0.25) is 9.36 Å². The summed E-state index contributed by atoms with van der Waals surface area (Å²) in [6.45, 7) is -0.540. The van der Waals surface area contributed by atoms with Crippen molar-refractivity contribution in [2.24, 2.45) is 0 Å². The Kier molecular flexibility index (Phi) is 4.52. The number of fused-ring (bicyclic) bond motifs is 2. The number of carbonyl (C=O) groups excluding carboxylic acids is 1. The molecule has 3 aromatic rings. The van der Waals surface area contributed by atoms with Gasteiger partial charge in [-0.2, -0.15) is 13.2 Å². The maximum Gasteiger partial charge on any atom is 0.420 e. The number of hydrogen-bond acceptors (Lipinski definition) is 4. The molecule has 0 bridgehead atoms. The second-order valence-electron chi connectivity index (χ2n) is 6.55. The second-order valence-corrected chi connectivity index (χ2v) is 6.55. The Balaban J connectivity index is 1.49. The number of alkyl halides is 3. The van der Waals surface area contributed by atoms with Gasteiger partial charge in [0.05, 0.1) is 23.3 Å². The summed E-state index contributed by atoms with van der Waals surface area (Å²) in [4.78, 5) is 31.3. The number of nitrogens with one attached hydrogen (secondary N) is 2. The number of benzene rings is 1. The Bertz CT molecular complexity index is 1190. The smallest absolute Gasteiger partial charge is 0.408 e. The second kappa shape index (κ2) is 6.90. The van der Waals surface area contributed by atoms with Crippen molar-refractivity contribution in [3.05, 3.63) is 57.4 Å². The maximum atomic E-state index is 13.3. The molecule has 0 atom stereocenters. The van der Waals surface area contributed by atoms with Crippen molar-refractivity contribution in [1.29, 1.82) is 0 Å². The molecular formula is C18H14F4N4O3. The number of oxazole rings is 1. The van der Waals surface area contributed by atoms with E-state index in [1.165, 1.54) is 6.08 Å². The fourth-order valence-corrected chi connectivity index (χ4v) is 3.11. The quantitative estimate of drug-likeness (QED) is 0.647. The molecule has 11 heteroatoms. The van der Waals surface area contributed by atoms with Gasteiger partial charge in [-0.15, -0.1) is 0 Å². The van der Waals surface area contributed by atoms with Crippen LogP contribution in [0.1, 0.15) is 29.2 Å². The molecule has 1 aliphatic carbocycles. The van der Waals surface area contributed by atoms with Crippen LogP contribution in [0.25, 0.3) is 17.2 Å². The van der Waals surface area contributed by atoms with Gasteiger partial charge in [0.15, 0.2) is 5.58 Å². The third-order valence-electron chi connectivity index (χ3n) is 4.52. The van der Waals surface area contributed by atoms with Gasteiger partial charge in [-0.1, -0.05) is 0 Å². The highest BCUT2D eigenvalue weighted by Crippen LogP contribution is 2.31. The largest absolute Gasteiger partial charge is 0.420 e. The Hall–Kier alpha value is -3.37. The van der Waals surface area contributed by atoms with Crippen LogP contribution in [-0.4, -0.2) is 20.4 Å². The maximum absolute atomic E-state index is 13.3. The molecule has 1 aliphatic rings. The summed E-state index contributed by atoms with van der Waals surface area (Å²) in [6.07, 6.45) is -2.54. The third kappa shape index (κ3) is 3.80. The van der Waals surface area contributed by atoms with Gasteiger partial charge in [0, 0.05) is 12.1 Å². The number of aromatic amines is 1. The number of carbonyl (C=O) groups is 1. The molecule has 2 heterocycles. The molecule has 0 saturated carbocycles. The first-order valence-corrected chi connectivity index (χ1v) is 8.62. The van der Waals surface area contributed by atoms with Crippen molar-refractivity contribution < 1.29 is 26.8 Å². The highest BCUT2D eigenvalue weighted by molar-refractivity contribution is 5.80. The molecule has 7 nitrogen and oxygen atoms in total. The zero-order valence-corrected chi connectivity index (χ0v) is 14.8. The van der Waals surface area contributed by atoms with Gasteiger partial charge < -0.3 is 14.7 Å². The Labute approximate surface area is 160 Å². The molecule has 0 fully saturated rings. The van der Waals surface area contributed by atoms with Crippen LogP contribution >= 0.6 is 0 Å². The standard InChI is InChI=1S/C18H14F4N4O3/c19-10-2-3-11-12(6-10)25-15(24-11)7-23-16(27)8-26-13-5-9(18(20,21)22)1-4-14(13)29-17(26)28/h1,4-6H,2-3,7-8H2,(H,23,27)(H,24,25). The van der Waals surface area contributed by atoms with E-state index in [4.69, 9.17) is 4.42 Å². The van der Waals surface area contributed by atoms with Crippen molar-refractivity contribution in [2.45, 2.75) is 32.1 Å². The number of halogens is 4. The van der Waals surface area contributed by atoms with Crippen molar-refractivity contribution in [3.63, 3.8) is 0 Å². The average Bonchev–Trinajstić information content (AvgIpc) is 3.19. The van der Waals surface area contributed by atoms with E-state index in [0.29, 0.717) is 17.9 Å². The number of rotatable bonds is 4. The van der Waals surface area contributed by atoms with E-state index >= 15 is 0 Å². The van der Waals surface area contributed by atoms with E-state index in [9.17, 15) is 27.2 Å². The van der Waals surface area contributed by atoms with E-state index in [1.54, 1.807) is 0 Å². The molecule has 0 aliphatic heterocycles. The van der Waals surface area contributed by atoms with Crippen LogP contribution in [-0.2, 0) is 30.5 Å². The SMILES string of the molecule is O=C(Cn1c(=O)oc2ccc(C(F)(F)F)cc21)NCc1nc2c([nH]1)CCC(F)=C2. The van der Waals surface area contributed by atoms with E-state index in [1.807, 2.05) is 0 Å². The predicted octanol–water partition coefficient (Wildman–Crippen LogP) is 2.91. The zero-order valence-electron chi connectivity index (χ0n) is 14.8. The van der Waals surface area contributed by atoms with Gasteiger partial charge in [0.1, 0.15) is 18.2 Å². The molecule has 2 aromatic heterocycles. The molecule has 152 valence electrons. The Morgan fingerprint density at radius 1 is 1.31 bits per heavy atom. The summed E-state index contributed by atoms with van der Waals surface area (Å²) in [5, 5.41) is 2.52. The molecule has 1 aromatic carbocycles. The molecule has 0 saturated heterocycles. The minimum Gasteiger partial charge on any atom is -0.408 e. The number of imidazole rings is 1. The fraction of sp³-hybridized carbons (Fsp3) is 0.278. The van der Waals surface area contributed by atoms with Crippen LogP contribution in [0.2, 0.25) is 0 Å². The number of H-pyrrole nitrogens is 1. The lowest BCUT2D eigenvalue weighted by molar-refractivity contribution is -0.137. The first kappa shape index (κ1) is 19.0. The Morgan fingerprint density at radius 3 is 2.86 bits per heavy atom. The number of amides is 1. The van der Waals surface area contributed by atoms with Gasteiger partial charge in [0.25, 0.3) is 0 Å². The van der Waals surface area contributed by atoms with E-state index < -0.39 is 29.9 Å². The van der Waals surface area contributed by atoms with Gasteiger partial charge in [0.2, 0.25) is 5.91 Å². The Morgan fingerprint density at radius 2 is 2.10 bits per heavy atom. The van der Waals surface area contributed by atoms with Crippen LogP contribution in [0, 0.1) is 0 Å². The van der Waals surface area contributed by atoms with Crippen LogP contribution < -0.4 is 11.1 Å². The number of aromatic nitrogens is 3. The lowest BCUT2D eigenvalue weighted by Gasteiger charge is -2.07. The van der Waals surface area contributed by atoms with E-state index in [-0.39, 0.29) is 29.9 Å². The highest BCUT2D eigenvalue weighted by atomic mass is 19.4. The summed E-state index contributed by atoms with van der Waals surface area (Å²) in [6, 6.07) is 2.59. The molecule has 29 heavy (non-hydrogen) atoms. The number of aryl methyl sites for hydroxylation is 1. The molecule has 0 spiro atoms. The van der Waals surface area contributed by atoms with Crippen LogP contribution in [0.15, 0.2) is 33.2 Å². The first-order chi connectivity index (χ1) is 13.7.